The van der Waals surface area contributed by atoms with Crippen molar-refractivity contribution in [3.05, 3.63) is 0 Å². The van der Waals surface area contributed by atoms with Gasteiger partial charge < -0.3 is 9.84 Å². The van der Waals surface area contributed by atoms with Gasteiger partial charge in [0.25, 0.3) is 0 Å². The quantitative estimate of drug-likeness (QED) is 0.514. The third-order valence-corrected chi connectivity index (χ3v) is 1.35. The molecule has 0 aliphatic heterocycles. The lowest BCUT2D eigenvalue weighted by Crippen LogP contribution is -2.28. The summed E-state index contributed by atoms with van der Waals surface area (Å²) >= 11 is 5.27. The summed E-state index contributed by atoms with van der Waals surface area (Å²) in [7, 11) is 0. The molecule has 0 bridgehead atoms. The molecule has 0 aliphatic carbocycles. The Balaban J connectivity index is 3.64. The van der Waals surface area contributed by atoms with Gasteiger partial charge >= 0.3 is 5.97 Å². The number of alkyl halides is 1. The fraction of sp³-hybridized carbons (Fsp3) is 0.857. The van der Waals surface area contributed by atoms with Crippen molar-refractivity contribution in [1.82, 2.24) is 0 Å². The van der Waals surface area contributed by atoms with E-state index in [2.05, 4.69) is 4.74 Å². The summed E-state index contributed by atoms with van der Waals surface area (Å²) in [5.41, 5.74) is 0. The summed E-state index contributed by atoms with van der Waals surface area (Å²) in [6.45, 7) is 3.64. The number of hydrogen-bond acceptors (Lipinski definition) is 3. The summed E-state index contributed by atoms with van der Waals surface area (Å²) in [5, 5.41) is 9.10. The molecule has 0 aromatic heterocycles. The van der Waals surface area contributed by atoms with Crippen LogP contribution in [0.1, 0.15) is 13.8 Å². The lowest BCUT2D eigenvalue weighted by molar-refractivity contribution is -0.155. The van der Waals surface area contributed by atoms with Gasteiger partial charge in [0.2, 0.25) is 0 Å². The fourth-order valence-electron chi connectivity index (χ4n) is 0.497. The van der Waals surface area contributed by atoms with E-state index in [-0.39, 0.29) is 18.4 Å². The molecule has 0 heterocycles. The Morgan fingerprint density at radius 1 is 1.64 bits per heavy atom. The van der Waals surface area contributed by atoms with Gasteiger partial charge in [-0.1, -0.05) is 13.8 Å². The van der Waals surface area contributed by atoms with Crippen molar-refractivity contribution in [2.24, 2.45) is 5.92 Å². The van der Waals surface area contributed by atoms with Crippen LogP contribution in [0.2, 0.25) is 0 Å². The first-order chi connectivity index (χ1) is 5.09. The normalized spacial score (nSPS) is 13.2. The number of carbonyl (C=O) groups excluding carboxylic acids is 1. The average Bonchev–Trinajstić information content (AvgIpc) is 1.98. The highest BCUT2D eigenvalue weighted by Gasteiger charge is 2.19. The van der Waals surface area contributed by atoms with Crippen LogP contribution in [0.3, 0.4) is 0 Å². The van der Waals surface area contributed by atoms with Gasteiger partial charge in [0, 0.05) is 0 Å². The monoisotopic (exact) mass is 180 g/mol. The van der Waals surface area contributed by atoms with Crippen LogP contribution in [0.25, 0.3) is 0 Å². The van der Waals surface area contributed by atoms with E-state index < -0.39 is 12.1 Å². The van der Waals surface area contributed by atoms with Crippen molar-refractivity contribution in [2.75, 3.05) is 12.5 Å². The molecule has 0 saturated carbocycles. The summed E-state index contributed by atoms with van der Waals surface area (Å²) < 4.78 is 4.59. The number of aliphatic hydroxyl groups is 1. The molecule has 0 saturated heterocycles. The zero-order valence-corrected chi connectivity index (χ0v) is 7.47. The molecule has 1 atom stereocenters. The fourth-order valence-corrected chi connectivity index (χ4v) is 0.574. The Labute approximate surface area is 71.3 Å². The zero-order chi connectivity index (χ0) is 8.85. The van der Waals surface area contributed by atoms with Gasteiger partial charge in [-0.05, 0) is 5.92 Å². The Morgan fingerprint density at radius 3 is 2.55 bits per heavy atom. The Bertz CT molecular complexity index is 125. The first-order valence-electron chi connectivity index (χ1n) is 3.50. The Kier molecular flexibility index (Phi) is 5.24. The summed E-state index contributed by atoms with van der Waals surface area (Å²) in [6.07, 6.45) is -1.03. The lowest BCUT2D eigenvalue weighted by Gasteiger charge is -2.12. The van der Waals surface area contributed by atoms with E-state index in [1.165, 1.54) is 0 Å². The van der Waals surface area contributed by atoms with Gasteiger partial charge in [0.15, 0.2) is 6.10 Å². The SMILES string of the molecule is CC(C)C(O)C(=O)OCCCl. The molecule has 0 radical (unpaired) electrons. The van der Waals surface area contributed by atoms with Crippen molar-refractivity contribution in [2.45, 2.75) is 20.0 Å². The molecule has 3 nitrogen and oxygen atoms in total. The molecule has 4 heteroatoms. The highest BCUT2D eigenvalue weighted by Crippen LogP contribution is 2.02. The topological polar surface area (TPSA) is 46.5 Å². The van der Waals surface area contributed by atoms with Crippen LogP contribution in [0.5, 0.6) is 0 Å². The number of esters is 1. The van der Waals surface area contributed by atoms with E-state index in [0.29, 0.717) is 0 Å². The van der Waals surface area contributed by atoms with Gasteiger partial charge in [0.1, 0.15) is 6.61 Å². The summed E-state index contributed by atoms with van der Waals surface area (Å²) in [5.74, 6) is -0.449. The van der Waals surface area contributed by atoms with Crippen molar-refractivity contribution < 1.29 is 14.6 Å². The van der Waals surface area contributed by atoms with E-state index in [9.17, 15) is 4.79 Å². The number of carbonyl (C=O) groups is 1. The predicted octanol–water partition coefficient (Wildman–Crippen LogP) is 0.785. The third-order valence-electron chi connectivity index (χ3n) is 1.19. The number of halogens is 1. The molecule has 0 rings (SSSR count). The van der Waals surface area contributed by atoms with Crippen molar-refractivity contribution in [3.63, 3.8) is 0 Å². The van der Waals surface area contributed by atoms with Crippen molar-refractivity contribution >= 4 is 17.6 Å². The molecule has 0 aromatic rings. The maximum atomic E-state index is 10.8. The van der Waals surface area contributed by atoms with Gasteiger partial charge in [-0.15, -0.1) is 11.6 Å². The third kappa shape index (κ3) is 4.22. The molecule has 66 valence electrons. The van der Waals surface area contributed by atoms with Gasteiger partial charge in [-0.2, -0.15) is 0 Å². The largest absolute Gasteiger partial charge is 0.462 e. The average molecular weight is 181 g/mol. The number of aliphatic hydroxyl groups excluding tert-OH is 1. The summed E-state index contributed by atoms with van der Waals surface area (Å²) in [6, 6.07) is 0. The minimum Gasteiger partial charge on any atom is -0.462 e. The van der Waals surface area contributed by atoms with Gasteiger partial charge in [-0.25, -0.2) is 4.79 Å². The molecule has 1 unspecified atom stereocenters. The first-order valence-corrected chi connectivity index (χ1v) is 4.03. The zero-order valence-electron chi connectivity index (χ0n) is 6.71. The second-order valence-electron chi connectivity index (χ2n) is 2.55. The molecule has 0 amide bonds. The first kappa shape index (κ1) is 10.7. The van der Waals surface area contributed by atoms with Crippen LogP contribution in [-0.4, -0.2) is 29.7 Å². The Hall–Kier alpha value is -0.280. The molecule has 0 aliphatic rings. The minimum atomic E-state index is -1.03. The number of rotatable bonds is 4. The molecule has 0 fully saturated rings. The number of ether oxygens (including phenoxy) is 1. The highest BCUT2D eigenvalue weighted by atomic mass is 35.5. The van der Waals surface area contributed by atoms with Gasteiger partial charge in [0.05, 0.1) is 5.88 Å². The maximum absolute atomic E-state index is 10.8. The van der Waals surface area contributed by atoms with Crippen molar-refractivity contribution in [3.8, 4) is 0 Å². The van der Waals surface area contributed by atoms with E-state index in [0.717, 1.165) is 0 Å². The van der Waals surface area contributed by atoms with Crippen LogP contribution >= 0.6 is 11.6 Å². The van der Waals surface area contributed by atoms with Crippen molar-refractivity contribution in [1.29, 1.82) is 0 Å². The molecule has 0 aromatic carbocycles. The molecular formula is C7H13ClO3. The second kappa shape index (κ2) is 5.38. The van der Waals surface area contributed by atoms with Crippen LogP contribution in [-0.2, 0) is 9.53 Å². The molecule has 11 heavy (non-hydrogen) atoms. The van der Waals surface area contributed by atoms with Crippen LogP contribution in [0.4, 0.5) is 0 Å². The van der Waals surface area contributed by atoms with E-state index >= 15 is 0 Å². The second-order valence-corrected chi connectivity index (χ2v) is 2.92. The molecular weight excluding hydrogens is 168 g/mol. The standard InChI is InChI=1S/C7H13ClO3/c1-5(2)6(9)7(10)11-4-3-8/h5-6,9H,3-4H2,1-2H3. The van der Waals surface area contributed by atoms with Crippen LogP contribution < -0.4 is 0 Å². The smallest absolute Gasteiger partial charge is 0.335 e. The minimum absolute atomic E-state index is 0.113. The van der Waals surface area contributed by atoms with Crippen LogP contribution in [0.15, 0.2) is 0 Å². The maximum Gasteiger partial charge on any atom is 0.335 e. The van der Waals surface area contributed by atoms with E-state index in [1.807, 2.05) is 0 Å². The number of hydrogen-bond donors (Lipinski definition) is 1. The van der Waals surface area contributed by atoms with E-state index in [4.69, 9.17) is 16.7 Å². The lowest BCUT2D eigenvalue weighted by atomic mass is 10.1. The van der Waals surface area contributed by atoms with Gasteiger partial charge in [-0.3, -0.25) is 0 Å². The Morgan fingerprint density at radius 2 is 2.18 bits per heavy atom. The van der Waals surface area contributed by atoms with E-state index in [1.54, 1.807) is 13.8 Å². The molecule has 1 N–H and O–H groups in total. The predicted molar refractivity (Wildman–Crippen MR) is 42.5 cm³/mol. The van der Waals surface area contributed by atoms with Crippen LogP contribution in [0, 0.1) is 5.92 Å². The summed E-state index contributed by atoms with van der Waals surface area (Å²) in [4.78, 5) is 10.8. The molecule has 0 spiro atoms. The highest BCUT2D eigenvalue weighted by molar-refractivity contribution is 6.18.